The van der Waals surface area contributed by atoms with Gasteiger partial charge in [-0.3, -0.25) is 10.1 Å². The van der Waals surface area contributed by atoms with Gasteiger partial charge in [-0.2, -0.15) is 0 Å². The Morgan fingerprint density at radius 2 is 1.56 bits per heavy atom. The number of aromatic hydroxyl groups is 1. The molecular formula is C37H36N2O6. The summed E-state index contributed by atoms with van der Waals surface area (Å²) in [7, 11) is 0. The summed E-state index contributed by atoms with van der Waals surface area (Å²) >= 11 is 0. The van der Waals surface area contributed by atoms with Gasteiger partial charge in [-0.15, -0.1) is 0 Å². The van der Waals surface area contributed by atoms with E-state index in [1.54, 1.807) is 36.4 Å². The molecule has 0 saturated carbocycles. The summed E-state index contributed by atoms with van der Waals surface area (Å²) in [5.74, 6) is -2.11. The van der Waals surface area contributed by atoms with Gasteiger partial charge in [-0.1, -0.05) is 87.0 Å². The van der Waals surface area contributed by atoms with Crippen LogP contribution in [0, 0.1) is 5.92 Å². The average Bonchev–Trinajstić information content (AvgIpc) is 3.36. The molecule has 0 spiro atoms. The fourth-order valence-electron chi connectivity index (χ4n) is 6.71. The maximum absolute atomic E-state index is 13.9. The Labute approximate surface area is 262 Å². The molecule has 230 valence electrons. The van der Waals surface area contributed by atoms with Crippen LogP contribution >= 0.6 is 0 Å². The van der Waals surface area contributed by atoms with Gasteiger partial charge in [0, 0.05) is 18.2 Å². The van der Waals surface area contributed by atoms with E-state index in [9.17, 15) is 24.6 Å². The lowest BCUT2D eigenvalue weighted by molar-refractivity contribution is -0.154. The summed E-state index contributed by atoms with van der Waals surface area (Å²) < 4.78 is 5.74. The number of hydrogen-bond donors (Lipinski definition) is 3. The molecule has 4 aromatic carbocycles. The molecule has 6 rings (SSSR count). The molecule has 1 heterocycles. The SMILES string of the molecule is CC[C@H](C)[C@@H](C(=O)O)N1Cc2cc(NC(=O)OCC3c4ccccc4-c4ccccc43)ccc2C(Cc2ccc(O)cc2)C1=O. The lowest BCUT2D eigenvalue weighted by atomic mass is 9.82. The minimum absolute atomic E-state index is 0.0691. The van der Waals surface area contributed by atoms with Crippen LogP contribution in [-0.2, 0) is 27.3 Å². The predicted molar refractivity (Wildman–Crippen MR) is 171 cm³/mol. The molecule has 1 aliphatic heterocycles. The van der Waals surface area contributed by atoms with Crippen LogP contribution in [0.15, 0.2) is 91.0 Å². The van der Waals surface area contributed by atoms with Crippen LogP contribution in [-0.4, -0.2) is 45.7 Å². The van der Waals surface area contributed by atoms with Gasteiger partial charge in [-0.05, 0) is 75.5 Å². The number of carbonyl (C=O) groups excluding carboxylic acids is 2. The number of phenolic OH excluding ortho intramolecular Hbond substituents is 1. The Morgan fingerprint density at radius 1 is 0.911 bits per heavy atom. The average molecular weight is 605 g/mol. The van der Waals surface area contributed by atoms with Crippen molar-refractivity contribution in [3.05, 3.63) is 119 Å². The number of amides is 2. The van der Waals surface area contributed by atoms with E-state index in [0.29, 0.717) is 18.5 Å². The maximum Gasteiger partial charge on any atom is 0.411 e. The molecular weight excluding hydrogens is 568 g/mol. The summed E-state index contributed by atoms with van der Waals surface area (Å²) in [5.41, 5.74) is 7.44. The first-order valence-electron chi connectivity index (χ1n) is 15.3. The van der Waals surface area contributed by atoms with Crippen LogP contribution in [0.1, 0.15) is 59.9 Å². The summed E-state index contributed by atoms with van der Waals surface area (Å²) in [6.07, 6.45) is 0.345. The largest absolute Gasteiger partial charge is 0.508 e. The molecule has 2 amide bonds. The molecule has 3 atom stereocenters. The highest BCUT2D eigenvalue weighted by Gasteiger charge is 2.41. The third-order valence-electron chi connectivity index (χ3n) is 9.18. The summed E-state index contributed by atoms with van der Waals surface area (Å²) in [6.45, 7) is 4.04. The van der Waals surface area contributed by atoms with E-state index in [-0.39, 0.29) is 36.6 Å². The second kappa shape index (κ2) is 12.5. The zero-order chi connectivity index (χ0) is 31.7. The van der Waals surface area contributed by atoms with Crippen molar-refractivity contribution in [3.8, 4) is 16.9 Å². The number of carboxylic acids is 1. The van der Waals surface area contributed by atoms with Gasteiger partial charge in [0.15, 0.2) is 0 Å². The van der Waals surface area contributed by atoms with Crippen molar-refractivity contribution in [3.63, 3.8) is 0 Å². The highest BCUT2D eigenvalue weighted by atomic mass is 16.5. The maximum atomic E-state index is 13.9. The number of hydrogen-bond acceptors (Lipinski definition) is 5. The van der Waals surface area contributed by atoms with E-state index in [1.807, 2.05) is 44.2 Å². The topological polar surface area (TPSA) is 116 Å². The zero-order valence-corrected chi connectivity index (χ0v) is 25.3. The third kappa shape index (κ3) is 5.88. The molecule has 1 unspecified atom stereocenters. The van der Waals surface area contributed by atoms with Gasteiger partial charge >= 0.3 is 12.1 Å². The fraction of sp³-hybridized carbons (Fsp3) is 0.270. The third-order valence-corrected chi connectivity index (χ3v) is 9.18. The van der Waals surface area contributed by atoms with Crippen molar-refractivity contribution in [2.75, 3.05) is 11.9 Å². The first kappa shape index (κ1) is 29.9. The van der Waals surface area contributed by atoms with Crippen molar-refractivity contribution in [1.82, 2.24) is 4.90 Å². The summed E-state index contributed by atoms with van der Waals surface area (Å²) in [6, 6.07) is 27.3. The van der Waals surface area contributed by atoms with Gasteiger partial charge in [0.05, 0.1) is 5.92 Å². The quantitative estimate of drug-likeness (QED) is 0.191. The highest BCUT2D eigenvalue weighted by molar-refractivity contribution is 5.91. The number of fused-ring (bicyclic) bond motifs is 4. The molecule has 8 heteroatoms. The number of anilines is 1. The van der Waals surface area contributed by atoms with E-state index in [0.717, 1.165) is 38.9 Å². The van der Waals surface area contributed by atoms with Gasteiger partial charge in [0.1, 0.15) is 18.4 Å². The van der Waals surface area contributed by atoms with Crippen LogP contribution in [0.5, 0.6) is 5.75 Å². The van der Waals surface area contributed by atoms with Crippen molar-refractivity contribution < 1.29 is 29.3 Å². The smallest absolute Gasteiger partial charge is 0.411 e. The molecule has 3 N–H and O–H groups in total. The minimum atomic E-state index is -1.04. The van der Waals surface area contributed by atoms with Crippen molar-refractivity contribution >= 4 is 23.7 Å². The van der Waals surface area contributed by atoms with Gasteiger partial charge in [-0.25, -0.2) is 9.59 Å². The lowest BCUT2D eigenvalue weighted by Crippen LogP contribution is -2.52. The van der Waals surface area contributed by atoms with Gasteiger partial charge in [0.25, 0.3) is 0 Å². The van der Waals surface area contributed by atoms with Crippen LogP contribution in [0.2, 0.25) is 0 Å². The Kier molecular flexibility index (Phi) is 8.30. The van der Waals surface area contributed by atoms with E-state index in [1.165, 1.54) is 4.90 Å². The number of carbonyl (C=O) groups is 3. The predicted octanol–water partition coefficient (Wildman–Crippen LogP) is 6.92. The Balaban J connectivity index is 1.23. The molecule has 2 aliphatic rings. The lowest BCUT2D eigenvalue weighted by Gasteiger charge is -2.39. The molecule has 0 radical (unpaired) electrons. The number of phenols is 1. The number of aliphatic carboxylic acids is 1. The Morgan fingerprint density at radius 3 is 2.18 bits per heavy atom. The van der Waals surface area contributed by atoms with Crippen LogP contribution in [0.25, 0.3) is 11.1 Å². The molecule has 0 bridgehead atoms. The molecule has 0 saturated heterocycles. The zero-order valence-electron chi connectivity index (χ0n) is 25.3. The second-order valence-corrected chi connectivity index (χ2v) is 11.9. The van der Waals surface area contributed by atoms with E-state index in [2.05, 4.69) is 29.6 Å². The van der Waals surface area contributed by atoms with Crippen LogP contribution in [0.4, 0.5) is 10.5 Å². The van der Waals surface area contributed by atoms with Crippen molar-refractivity contribution in [2.24, 2.45) is 5.92 Å². The molecule has 4 aromatic rings. The first-order chi connectivity index (χ1) is 21.7. The minimum Gasteiger partial charge on any atom is -0.508 e. The number of nitrogens with one attached hydrogen (secondary N) is 1. The van der Waals surface area contributed by atoms with Gasteiger partial charge < -0.3 is 19.8 Å². The summed E-state index contributed by atoms with van der Waals surface area (Å²) in [5, 5.41) is 22.7. The number of carboxylic acid groups (broad SMARTS) is 1. The molecule has 0 fully saturated rings. The molecule has 1 aliphatic carbocycles. The summed E-state index contributed by atoms with van der Waals surface area (Å²) in [4.78, 5) is 40.8. The fourth-order valence-corrected chi connectivity index (χ4v) is 6.71. The Hall–Kier alpha value is -5.11. The first-order valence-corrected chi connectivity index (χ1v) is 15.3. The second-order valence-electron chi connectivity index (χ2n) is 11.9. The van der Waals surface area contributed by atoms with Crippen molar-refractivity contribution in [2.45, 2.75) is 51.1 Å². The number of nitrogens with zero attached hydrogens (tertiary/aromatic N) is 1. The molecule has 45 heavy (non-hydrogen) atoms. The number of rotatable bonds is 9. The van der Waals surface area contributed by atoms with E-state index in [4.69, 9.17) is 4.74 Å². The standard InChI is InChI=1S/C37H36N2O6/c1-3-22(2)34(36(42)43)39-20-24-19-25(14-17-27(24)32(35(39)41)18-23-12-15-26(40)16-13-23)38-37(44)45-21-33-30-10-6-4-8-28(30)29-9-5-7-11-31(29)33/h4-17,19,22,32-34,40H,3,18,20-21H2,1-2H3,(H,38,44)(H,42,43)/t22-,32?,34-/m0/s1. The van der Waals surface area contributed by atoms with Crippen molar-refractivity contribution in [1.29, 1.82) is 0 Å². The van der Waals surface area contributed by atoms with Gasteiger partial charge in [0.2, 0.25) is 5.91 Å². The molecule has 8 nitrogen and oxygen atoms in total. The van der Waals surface area contributed by atoms with Crippen LogP contribution in [0.3, 0.4) is 0 Å². The number of benzene rings is 4. The highest BCUT2D eigenvalue weighted by Crippen LogP contribution is 2.44. The van der Waals surface area contributed by atoms with Crippen LogP contribution < -0.4 is 5.32 Å². The monoisotopic (exact) mass is 604 g/mol. The van der Waals surface area contributed by atoms with E-state index < -0.39 is 24.0 Å². The Bertz CT molecular complexity index is 1700. The number of ether oxygens (including phenoxy) is 1. The molecule has 0 aromatic heterocycles. The normalized spacial score (nSPS) is 16.7. The van der Waals surface area contributed by atoms with E-state index >= 15 is 0 Å².